The third-order valence-electron chi connectivity index (χ3n) is 2.45. The van der Waals surface area contributed by atoms with E-state index >= 15 is 0 Å². The molecule has 0 aromatic carbocycles. The van der Waals surface area contributed by atoms with Crippen LogP contribution >= 0.6 is 22.9 Å². The first kappa shape index (κ1) is 12.6. The number of hydrogen-bond acceptors (Lipinski definition) is 7. The van der Waals surface area contributed by atoms with Crippen LogP contribution in [0.1, 0.15) is 35.0 Å². The molecule has 0 aliphatic rings. The summed E-state index contributed by atoms with van der Waals surface area (Å²) in [6.07, 6.45) is 4.61. The van der Waals surface area contributed by atoms with Gasteiger partial charge in [0.2, 0.25) is 0 Å². The Morgan fingerprint density at radius 2 is 2.41 bits per heavy atom. The van der Waals surface area contributed by atoms with Crippen molar-refractivity contribution >= 4 is 22.9 Å². The quantitative estimate of drug-likeness (QED) is 0.616. The van der Waals surface area contributed by atoms with E-state index < -0.39 is 0 Å². The maximum absolute atomic E-state index is 5.62. The Balaban J connectivity index is 2.14. The van der Waals surface area contributed by atoms with Crippen molar-refractivity contribution in [1.82, 2.24) is 20.0 Å². The van der Waals surface area contributed by atoms with Crippen LogP contribution in [-0.2, 0) is 12.8 Å². The Hall–Kier alpha value is -0.890. The third-order valence-corrected chi connectivity index (χ3v) is 4.13. The molecule has 1 unspecified atom stereocenters. The number of thiazole rings is 1. The van der Waals surface area contributed by atoms with Crippen LogP contribution in [0.15, 0.2) is 11.6 Å². The monoisotopic (exact) mass is 269 g/mol. The largest absolute Gasteiger partial charge is 0.271 e. The van der Waals surface area contributed by atoms with Gasteiger partial charge in [-0.1, -0.05) is 17.8 Å². The first-order valence-corrected chi connectivity index (χ1v) is 7.16. The topological polar surface area (TPSA) is 76.7 Å². The number of hydrazine groups is 1. The van der Waals surface area contributed by atoms with Crippen LogP contribution in [0.5, 0.6) is 0 Å². The molecule has 2 heterocycles. The predicted octanol–water partition coefficient (Wildman–Crippen LogP) is 1.69. The molecule has 92 valence electrons. The molecule has 7 heteroatoms. The number of nitrogens with one attached hydrogen (secondary N) is 1. The van der Waals surface area contributed by atoms with Gasteiger partial charge in [0.15, 0.2) is 0 Å². The smallest absolute Gasteiger partial charge is 0.0944 e. The highest BCUT2D eigenvalue weighted by atomic mass is 32.1. The van der Waals surface area contributed by atoms with Crippen LogP contribution in [0, 0.1) is 0 Å². The van der Waals surface area contributed by atoms with E-state index in [0.29, 0.717) is 0 Å². The van der Waals surface area contributed by atoms with E-state index in [1.54, 1.807) is 11.3 Å². The molecular formula is C10H15N5S2. The summed E-state index contributed by atoms with van der Waals surface area (Å²) < 4.78 is 4.02. The van der Waals surface area contributed by atoms with Crippen molar-refractivity contribution in [3.63, 3.8) is 0 Å². The van der Waals surface area contributed by atoms with Gasteiger partial charge in [0.05, 0.1) is 21.6 Å². The molecule has 0 spiro atoms. The van der Waals surface area contributed by atoms with Crippen LogP contribution in [0.4, 0.5) is 0 Å². The predicted molar refractivity (Wildman–Crippen MR) is 69.8 cm³/mol. The molecule has 0 radical (unpaired) electrons. The second kappa shape index (κ2) is 6.15. The average Bonchev–Trinajstić information content (AvgIpc) is 2.97. The SMILES string of the molecule is CCCc1nnsc1C(Cc1nccs1)NN. The molecular weight excluding hydrogens is 254 g/mol. The highest BCUT2D eigenvalue weighted by Gasteiger charge is 2.19. The van der Waals surface area contributed by atoms with Gasteiger partial charge in [-0.15, -0.1) is 16.4 Å². The van der Waals surface area contributed by atoms with Gasteiger partial charge in [-0.05, 0) is 18.0 Å². The van der Waals surface area contributed by atoms with E-state index in [2.05, 4.69) is 26.9 Å². The van der Waals surface area contributed by atoms with E-state index in [1.165, 1.54) is 11.5 Å². The molecule has 5 nitrogen and oxygen atoms in total. The lowest BCUT2D eigenvalue weighted by Gasteiger charge is -2.13. The zero-order chi connectivity index (χ0) is 12.1. The summed E-state index contributed by atoms with van der Waals surface area (Å²) in [5.41, 5.74) is 3.89. The molecule has 0 bridgehead atoms. The molecule has 2 aromatic rings. The minimum atomic E-state index is 0.0581. The molecule has 0 amide bonds. The Bertz CT molecular complexity index is 439. The van der Waals surface area contributed by atoms with Gasteiger partial charge in [-0.3, -0.25) is 11.3 Å². The first-order chi connectivity index (χ1) is 8.35. The summed E-state index contributed by atoms with van der Waals surface area (Å²) in [5.74, 6) is 5.62. The van der Waals surface area contributed by atoms with E-state index in [-0.39, 0.29) is 6.04 Å². The second-order valence-corrected chi connectivity index (χ2v) is 5.45. The van der Waals surface area contributed by atoms with Crippen LogP contribution in [-0.4, -0.2) is 14.6 Å². The lowest BCUT2D eigenvalue weighted by Crippen LogP contribution is -2.29. The highest BCUT2D eigenvalue weighted by Crippen LogP contribution is 2.25. The number of nitrogens with zero attached hydrogens (tertiary/aromatic N) is 3. The zero-order valence-corrected chi connectivity index (χ0v) is 11.2. The number of hydrogen-bond donors (Lipinski definition) is 2. The van der Waals surface area contributed by atoms with E-state index in [9.17, 15) is 0 Å². The summed E-state index contributed by atoms with van der Waals surface area (Å²) in [4.78, 5) is 5.41. The molecule has 3 N–H and O–H groups in total. The summed E-state index contributed by atoms with van der Waals surface area (Å²) in [7, 11) is 0. The van der Waals surface area contributed by atoms with Gasteiger partial charge in [-0.2, -0.15) is 0 Å². The van der Waals surface area contributed by atoms with Gasteiger partial charge >= 0.3 is 0 Å². The molecule has 0 saturated heterocycles. The first-order valence-electron chi connectivity index (χ1n) is 5.50. The maximum Gasteiger partial charge on any atom is 0.0944 e. The molecule has 0 saturated carbocycles. The molecule has 0 aliphatic heterocycles. The lowest BCUT2D eigenvalue weighted by atomic mass is 10.1. The van der Waals surface area contributed by atoms with Crippen LogP contribution < -0.4 is 11.3 Å². The van der Waals surface area contributed by atoms with E-state index in [0.717, 1.165) is 34.8 Å². The molecule has 2 aromatic heterocycles. The standard InChI is InChI=1S/C10H15N5S2/c1-2-3-7-10(17-15-14-7)8(13-11)6-9-12-4-5-16-9/h4-5,8,13H,2-3,6,11H2,1H3. The highest BCUT2D eigenvalue weighted by molar-refractivity contribution is 7.09. The Morgan fingerprint density at radius 3 is 3.06 bits per heavy atom. The molecule has 1 atom stereocenters. The second-order valence-electron chi connectivity index (χ2n) is 3.68. The molecule has 17 heavy (non-hydrogen) atoms. The molecule has 0 aliphatic carbocycles. The van der Waals surface area contributed by atoms with E-state index in [4.69, 9.17) is 5.84 Å². The fourth-order valence-corrected chi connectivity index (χ4v) is 3.06. The van der Waals surface area contributed by atoms with Crippen molar-refractivity contribution in [2.24, 2.45) is 5.84 Å². The van der Waals surface area contributed by atoms with Crippen LogP contribution in [0.2, 0.25) is 0 Å². The number of aromatic nitrogens is 3. The van der Waals surface area contributed by atoms with Crippen molar-refractivity contribution in [1.29, 1.82) is 0 Å². The Labute approximate surface area is 108 Å². The van der Waals surface area contributed by atoms with Crippen molar-refractivity contribution in [2.75, 3.05) is 0 Å². The lowest BCUT2D eigenvalue weighted by molar-refractivity contribution is 0.553. The molecule has 0 fully saturated rings. The average molecular weight is 269 g/mol. The minimum Gasteiger partial charge on any atom is -0.271 e. The van der Waals surface area contributed by atoms with Crippen molar-refractivity contribution < 1.29 is 0 Å². The number of rotatable bonds is 6. The van der Waals surface area contributed by atoms with Crippen molar-refractivity contribution in [2.45, 2.75) is 32.2 Å². The zero-order valence-electron chi connectivity index (χ0n) is 9.59. The summed E-state index contributed by atoms with van der Waals surface area (Å²) in [6.45, 7) is 2.13. The van der Waals surface area contributed by atoms with Crippen molar-refractivity contribution in [3.05, 3.63) is 27.2 Å². The van der Waals surface area contributed by atoms with Crippen molar-refractivity contribution in [3.8, 4) is 0 Å². The van der Waals surface area contributed by atoms with Gasteiger partial charge in [0.1, 0.15) is 0 Å². The van der Waals surface area contributed by atoms with E-state index in [1.807, 2.05) is 11.6 Å². The number of nitrogens with two attached hydrogens (primary N) is 1. The Morgan fingerprint density at radius 1 is 1.53 bits per heavy atom. The Kier molecular flexibility index (Phi) is 4.55. The van der Waals surface area contributed by atoms with Gasteiger partial charge < -0.3 is 0 Å². The minimum absolute atomic E-state index is 0.0581. The summed E-state index contributed by atoms with van der Waals surface area (Å²) in [6, 6.07) is 0.0581. The van der Waals surface area contributed by atoms with Gasteiger partial charge in [-0.25, -0.2) is 4.98 Å². The van der Waals surface area contributed by atoms with Gasteiger partial charge in [0.25, 0.3) is 0 Å². The fourth-order valence-electron chi connectivity index (χ4n) is 1.65. The number of aryl methyl sites for hydroxylation is 1. The van der Waals surface area contributed by atoms with Gasteiger partial charge in [0, 0.05) is 18.0 Å². The van der Waals surface area contributed by atoms with Crippen LogP contribution in [0.25, 0.3) is 0 Å². The third kappa shape index (κ3) is 3.06. The summed E-state index contributed by atoms with van der Waals surface area (Å²) >= 11 is 3.06. The normalized spacial score (nSPS) is 12.8. The van der Waals surface area contributed by atoms with Crippen LogP contribution in [0.3, 0.4) is 0 Å². The fraction of sp³-hybridized carbons (Fsp3) is 0.500. The maximum atomic E-state index is 5.62. The molecule has 2 rings (SSSR count). The summed E-state index contributed by atoms with van der Waals surface area (Å²) in [5, 5.41) is 7.21.